The minimum Gasteiger partial charge on any atom is -0.342 e. The SMILES string of the molecule is CCCC(C)C(=O)N1CCC(C)(NC)CC1. The fourth-order valence-corrected chi connectivity index (χ4v) is 2.34. The van der Waals surface area contributed by atoms with Gasteiger partial charge in [-0.3, -0.25) is 4.79 Å². The molecule has 0 aliphatic carbocycles. The van der Waals surface area contributed by atoms with Gasteiger partial charge in [0.25, 0.3) is 0 Å². The van der Waals surface area contributed by atoms with Crippen LogP contribution in [0.4, 0.5) is 0 Å². The van der Waals surface area contributed by atoms with E-state index in [1.54, 1.807) is 0 Å². The largest absolute Gasteiger partial charge is 0.342 e. The Morgan fingerprint density at radius 3 is 2.44 bits per heavy atom. The summed E-state index contributed by atoms with van der Waals surface area (Å²) in [5, 5.41) is 3.36. The van der Waals surface area contributed by atoms with Gasteiger partial charge in [-0.2, -0.15) is 0 Å². The molecule has 94 valence electrons. The summed E-state index contributed by atoms with van der Waals surface area (Å²) >= 11 is 0. The van der Waals surface area contributed by atoms with Crippen LogP contribution < -0.4 is 5.32 Å². The second kappa shape index (κ2) is 5.67. The average Bonchev–Trinajstić information content (AvgIpc) is 2.29. The smallest absolute Gasteiger partial charge is 0.225 e. The van der Waals surface area contributed by atoms with Gasteiger partial charge in [-0.05, 0) is 33.2 Å². The zero-order chi connectivity index (χ0) is 12.2. The summed E-state index contributed by atoms with van der Waals surface area (Å²) < 4.78 is 0. The molecule has 3 nitrogen and oxygen atoms in total. The minimum atomic E-state index is 0.198. The second-order valence-corrected chi connectivity index (χ2v) is 5.33. The van der Waals surface area contributed by atoms with E-state index in [-0.39, 0.29) is 11.5 Å². The number of amides is 1. The lowest BCUT2D eigenvalue weighted by Gasteiger charge is -2.40. The molecule has 0 aromatic carbocycles. The van der Waals surface area contributed by atoms with E-state index in [0.29, 0.717) is 5.91 Å². The van der Waals surface area contributed by atoms with Crippen molar-refractivity contribution >= 4 is 5.91 Å². The lowest BCUT2D eigenvalue weighted by molar-refractivity contribution is -0.136. The quantitative estimate of drug-likeness (QED) is 0.795. The molecular formula is C13H26N2O. The van der Waals surface area contributed by atoms with Gasteiger partial charge in [0.1, 0.15) is 0 Å². The Hall–Kier alpha value is -0.570. The fourth-order valence-electron chi connectivity index (χ4n) is 2.34. The molecule has 0 bridgehead atoms. The molecule has 1 N–H and O–H groups in total. The van der Waals surface area contributed by atoms with E-state index in [0.717, 1.165) is 38.8 Å². The Morgan fingerprint density at radius 1 is 1.44 bits per heavy atom. The first-order valence-electron chi connectivity index (χ1n) is 6.50. The van der Waals surface area contributed by atoms with Crippen molar-refractivity contribution in [2.75, 3.05) is 20.1 Å². The van der Waals surface area contributed by atoms with E-state index in [2.05, 4.69) is 26.1 Å². The molecule has 0 aromatic heterocycles. The van der Waals surface area contributed by atoms with Crippen molar-refractivity contribution in [1.29, 1.82) is 0 Å². The molecular weight excluding hydrogens is 200 g/mol. The zero-order valence-electron chi connectivity index (χ0n) is 11.2. The molecule has 0 saturated carbocycles. The van der Waals surface area contributed by atoms with Crippen molar-refractivity contribution in [2.45, 2.75) is 52.0 Å². The third-order valence-corrected chi connectivity index (χ3v) is 3.93. The molecule has 1 heterocycles. The van der Waals surface area contributed by atoms with E-state index >= 15 is 0 Å². The van der Waals surface area contributed by atoms with Crippen LogP contribution in [0, 0.1) is 5.92 Å². The number of hydrogen-bond acceptors (Lipinski definition) is 2. The summed E-state index contributed by atoms with van der Waals surface area (Å²) in [7, 11) is 2.01. The first-order chi connectivity index (χ1) is 7.52. The lowest BCUT2D eigenvalue weighted by Crippen LogP contribution is -2.52. The van der Waals surface area contributed by atoms with Gasteiger partial charge in [-0.15, -0.1) is 0 Å². The monoisotopic (exact) mass is 226 g/mol. The maximum absolute atomic E-state index is 12.1. The molecule has 0 spiro atoms. The summed E-state index contributed by atoms with van der Waals surface area (Å²) in [6, 6.07) is 0. The molecule has 0 radical (unpaired) electrons. The van der Waals surface area contributed by atoms with Crippen LogP contribution in [0.3, 0.4) is 0 Å². The van der Waals surface area contributed by atoms with Crippen LogP contribution >= 0.6 is 0 Å². The standard InChI is InChI=1S/C13H26N2O/c1-5-6-11(2)12(16)15-9-7-13(3,14-4)8-10-15/h11,14H,5-10H2,1-4H3. The van der Waals surface area contributed by atoms with Crippen molar-refractivity contribution in [2.24, 2.45) is 5.92 Å². The van der Waals surface area contributed by atoms with Crippen molar-refractivity contribution in [3.63, 3.8) is 0 Å². The van der Waals surface area contributed by atoms with E-state index in [9.17, 15) is 4.79 Å². The van der Waals surface area contributed by atoms with E-state index in [1.165, 1.54) is 0 Å². The number of carbonyl (C=O) groups excluding carboxylic acids is 1. The summed E-state index contributed by atoms with van der Waals surface area (Å²) in [6.07, 6.45) is 4.23. The number of carbonyl (C=O) groups is 1. The average molecular weight is 226 g/mol. The molecule has 0 aromatic rings. The molecule has 1 saturated heterocycles. The van der Waals surface area contributed by atoms with Gasteiger partial charge in [0.15, 0.2) is 0 Å². The third-order valence-electron chi connectivity index (χ3n) is 3.93. The first kappa shape index (κ1) is 13.5. The number of rotatable bonds is 4. The fraction of sp³-hybridized carbons (Fsp3) is 0.923. The van der Waals surface area contributed by atoms with Crippen molar-refractivity contribution in [1.82, 2.24) is 10.2 Å². The maximum Gasteiger partial charge on any atom is 0.225 e. The van der Waals surface area contributed by atoms with E-state index in [1.807, 2.05) is 11.9 Å². The van der Waals surface area contributed by atoms with Crippen LogP contribution in [-0.2, 0) is 4.79 Å². The Bertz CT molecular complexity index is 232. The van der Waals surface area contributed by atoms with Crippen molar-refractivity contribution < 1.29 is 4.79 Å². The molecule has 1 fully saturated rings. The predicted octanol–water partition coefficient (Wildman–Crippen LogP) is 2.02. The van der Waals surface area contributed by atoms with Gasteiger partial charge in [0.05, 0.1) is 0 Å². The van der Waals surface area contributed by atoms with E-state index < -0.39 is 0 Å². The molecule has 1 aliphatic rings. The number of piperidine rings is 1. The van der Waals surface area contributed by atoms with Gasteiger partial charge >= 0.3 is 0 Å². The summed E-state index contributed by atoms with van der Waals surface area (Å²) in [6.45, 7) is 8.24. The van der Waals surface area contributed by atoms with E-state index in [4.69, 9.17) is 0 Å². The molecule has 16 heavy (non-hydrogen) atoms. The Labute approximate surface area is 99.6 Å². The van der Waals surface area contributed by atoms with Crippen LogP contribution in [0.1, 0.15) is 46.5 Å². The van der Waals surface area contributed by atoms with Crippen LogP contribution in [0.25, 0.3) is 0 Å². The molecule has 1 rings (SSSR count). The van der Waals surface area contributed by atoms with Crippen LogP contribution in [0.5, 0.6) is 0 Å². The third kappa shape index (κ3) is 3.21. The van der Waals surface area contributed by atoms with Crippen molar-refractivity contribution in [3.8, 4) is 0 Å². The first-order valence-corrected chi connectivity index (χ1v) is 6.50. The predicted molar refractivity (Wildman–Crippen MR) is 67.4 cm³/mol. The minimum absolute atomic E-state index is 0.198. The maximum atomic E-state index is 12.1. The Morgan fingerprint density at radius 2 is 2.00 bits per heavy atom. The highest BCUT2D eigenvalue weighted by atomic mass is 16.2. The number of nitrogens with one attached hydrogen (secondary N) is 1. The number of hydrogen-bond donors (Lipinski definition) is 1. The Kier molecular flexibility index (Phi) is 4.78. The summed E-state index contributed by atoms with van der Waals surface area (Å²) in [5.41, 5.74) is 0.227. The van der Waals surface area contributed by atoms with Gasteiger partial charge in [0.2, 0.25) is 5.91 Å². The number of likely N-dealkylation sites (tertiary alicyclic amines) is 1. The van der Waals surface area contributed by atoms with Gasteiger partial charge in [-0.25, -0.2) is 0 Å². The molecule has 1 aliphatic heterocycles. The van der Waals surface area contributed by atoms with Crippen LogP contribution in [0.2, 0.25) is 0 Å². The van der Waals surface area contributed by atoms with Crippen molar-refractivity contribution in [3.05, 3.63) is 0 Å². The molecule has 1 atom stereocenters. The normalized spacial score (nSPS) is 21.9. The second-order valence-electron chi connectivity index (χ2n) is 5.33. The lowest BCUT2D eigenvalue weighted by atomic mass is 9.89. The molecule has 3 heteroatoms. The highest BCUT2D eigenvalue weighted by Crippen LogP contribution is 2.22. The highest BCUT2D eigenvalue weighted by Gasteiger charge is 2.31. The molecule has 1 unspecified atom stereocenters. The van der Waals surface area contributed by atoms with Crippen LogP contribution in [-0.4, -0.2) is 36.5 Å². The topological polar surface area (TPSA) is 32.3 Å². The van der Waals surface area contributed by atoms with Gasteiger partial charge < -0.3 is 10.2 Å². The van der Waals surface area contributed by atoms with Crippen LogP contribution in [0.15, 0.2) is 0 Å². The summed E-state index contributed by atoms with van der Waals surface area (Å²) in [5.74, 6) is 0.545. The van der Waals surface area contributed by atoms with Gasteiger partial charge in [-0.1, -0.05) is 20.3 Å². The number of nitrogens with zero attached hydrogens (tertiary/aromatic N) is 1. The summed E-state index contributed by atoms with van der Waals surface area (Å²) in [4.78, 5) is 14.1. The Balaban J connectivity index is 2.44. The van der Waals surface area contributed by atoms with Gasteiger partial charge in [0, 0.05) is 24.5 Å². The molecule has 1 amide bonds. The zero-order valence-corrected chi connectivity index (χ0v) is 11.2. The highest BCUT2D eigenvalue weighted by molar-refractivity contribution is 5.78.